The van der Waals surface area contributed by atoms with Crippen molar-refractivity contribution in [1.82, 2.24) is 4.90 Å². The van der Waals surface area contributed by atoms with Crippen molar-refractivity contribution in [3.05, 3.63) is 0 Å². The lowest BCUT2D eigenvalue weighted by Gasteiger charge is -2.21. The first-order valence-corrected chi connectivity index (χ1v) is 4.47. The maximum Gasteiger partial charge on any atom is 0.307 e. The van der Waals surface area contributed by atoms with Crippen LogP contribution in [0.3, 0.4) is 0 Å². The van der Waals surface area contributed by atoms with Crippen molar-refractivity contribution >= 4 is 5.97 Å². The molecule has 1 atom stereocenters. The van der Waals surface area contributed by atoms with E-state index in [9.17, 15) is 4.79 Å². The van der Waals surface area contributed by atoms with Crippen LogP contribution in [0.1, 0.15) is 6.42 Å². The minimum Gasteiger partial charge on any atom is -0.464 e. The average molecular weight is 188 g/mol. The molecule has 0 spiro atoms. The molecule has 1 unspecified atom stereocenters. The van der Waals surface area contributed by atoms with Gasteiger partial charge in [0.25, 0.3) is 0 Å². The van der Waals surface area contributed by atoms with E-state index in [-0.39, 0.29) is 18.6 Å². The summed E-state index contributed by atoms with van der Waals surface area (Å²) in [5, 5.41) is 8.74. The molecule has 1 rings (SSSR count). The minimum absolute atomic E-state index is 0.0225. The Kier molecular flexibility index (Phi) is 4.14. The Bertz CT molecular complexity index is 175. The van der Waals surface area contributed by atoms with E-state index in [1.807, 2.05) is 4.90 Å². The molecule has 1 heterocycles. The van der Waals surface area contributed by atoms with Gasteiger partial charge in [-0.1, -0.05) is 0 Å². The first-order chi connectivity index (χ1) is 6.22. The van der Waals surface area contributed by atoms with Gasteiger partial charge in [0.15, 0.2) is 0 Å². The van der Waals surface area contributed by atoms with Crippen molar-refractivity contribution < 1.29 is 14.6 Å². The molecule has 0 aromatic carbocycles. The van der Waals surface area contributed by atoms with Crippen molar-refractivity contribution in [2.45, 2.75) is 12.5 Å². The fourth-order valence-electron chi connectivity index (χ4n) is 1.29. The molecule has 0 amide bonds. The van der Waals surface area contributed by atoms with Crippen LogP contribution < -0.4 is 5.73 Å². The molecule has 0 aromatic heterocycles. The summed E-state index contributed by atoms with van der Waals surface area (Å²) in [5.41, 5.74) is 5.57. The second-order valence-electron chi connectivity index (χ2n) is 3.21. The van der Waals surface area contributed by atoms with Crippen molar-refractivity contribution in [2.24, 2.45) is 5.73 Å². The van der Waals surface area contributed by atoms with Gasteiger partial charge in [0.2, 0.25) is 0 Å². The largest absolute Gasteiger partial charge is 0.464 e. The van der Waals surface area contributed by atoms with Gasteiger partial charge >= 0.3 is 5.97 Å². The Morgan fingerprint density at radius 3 is 3.08 bits per heavy atom. The average Bonchev–Trinajstić information content (AvgIpc) is 2.31. The van der Waals surface area contributed by atoms with Gasteiger partial charge in [-0.25, -0.2) is 0 Å². The number of aliphatic hydroxyl groups is 1. The van der Waals surface area contributed by atoms with E-state index in [4.69, 9.17) is 15.6 Å². The molecule has 5 heteroatoms. The lowest BCUT2D eigenvalue weighted by molar-refractivity contribution is -0.142. The number of nitrogens with zero attached hydrogens (tertiary/aromatic N) is 1. The quantitative estimate of drug-likeness (QED) is 0.530. The van der Waals surface area contributed by atoms with Crippen LogP contribution in [-0.2, 0) is 9.53 Å². The highest BCUT2D eigenvalue weighted by atomic mass is 16.5. The predicted molar refractivity (Wildman–Crippen MR) is 47.1 cm³/mol. The highest BCUT2D eigenvalue weighted by Gasteiger charge is 2.16. The number of carbonyl (C=O) groups excluding carboxylic acids is 1. The van der Waals surface area contributed by atoms with E-state index in [2.05, 4.69) is 0 Å². The van der Waals surface area contributed by atoms with Gasteiger partial charge in [0, 0.05) is 25.7 Å². The van der Waals surface area contributed by atoms with Gasteiger partial charge in [0.05, 0.1) is 13.0 Å². The van der Waals surface area contributed by atoms with Gasteiger partial charge in [0.1, 0.15) is 6.61 Å². The maximum atomic E-state index is 10.9. The topological polar surface area (TPSA) is 75.8 Å². The van der Waals surface area contributed by atoms with E-state index in [1.165, 1.54) is 0 Å². The van der Waals surface area contributed by atoms with Gasteiger partial charge in [-0.15, -0.1) is 0 Å². The number of hydrogen-bond donors (Lipinski definition) is 2. The zero-order chi connectivity index (χ0) is 9.68. The Morgan fingerprint density at radius 2 is 2.38 bits per heavy atom. The van der Waals surface area contributed by atoms with E-state index < -0.39 is 0 Å². The summed E-state index contributed by atoms with van der Waals surface area (Å²) in [5.74, 6) is -0.153. The third-order valence-corrected chi connectivity index (χ3v) is 2.03. The molecular formula is C8H16N2O3. The second-order valence-corrected chi connectivity index (χ2v) is 3.21. The van der Waals surface area contributed by atoms with Crippen molar-refractivity contribution in [3.63, 3.8) is 0 Å². The van der Waals surface area contributed by atoms with Crippen LogP contribution in [0, 0.1) is 0 Å². The van der Waals surface area contributed by atoms with Crippen LogP contribution in [0.15, 0.2) is 0 Å². The number of nitrogens with two attached hydrogens (primary N) is 1. The van der Waals surface area contributed by atoms with Gasteiger partial charge in [-0.2, -0.15) is 0 Å². The molecule has 76 valence electrons. The third kappa shape index (κ3) is 3.71. The number of cyclic esters (lactones) is 1. The fourth-order valence-corrected chi connectivity index (χ4v) is 1.29. The van der Waals surface area contributed by atoms with E-state index in [0.717, 1.165) is 0 Å². The maximum absolute atomic E-state index is 10.9. The molecule has 1 aliphatic heterocycles. The molecule has 0 aliphatic carbocycles. The van der Waals surface area contributed by atoms with Gasteiger partial charge in [-0.3, -0.25) is 9.69 Å². The lowest BCUT2D eigenvalue weighted by Crippen LogP contribution is -2.40. The molecule has 0 saturated carbocycles. The molecule has 0 bridgehead atoms. The normalized spacial score (nSPS) is 22.2. The van der Waals surface area contributed by atoms with E-state index in [1.54, 1.807) is 0 Å². The van der Waals surface area contributed by atoms with Crippen LogP contribution in [0.4, 0.5) is 0 Å². The van der Waals surface area contributed by atoms with Crippen LogP contribution in [0.2, 0.25) is 0 Å². The lowest BCUT2D eigenvalue weighted by atomic mass is 10.3. The summed E-state index contributed by atoms with van der Waals surface area (Å²) in [7, 11) is 0. The molecule has 3 N–H and O–H groups in total. The SMILES string of the molecule is NC(CO)CN1CCOC(=O)CC1. The number of hydrogen-bond acceptors (Lipinski definition) is 5. The van der Waals surface area contributed by atoms with Crippen LogP contribution in [-0.4, -0.2) is 54.9 Å². The molecule has 0 radical (unpaired) electrons. The summed E-state index contributed by atoms with van der Waals surface area (Å²) in [6.45, 7) is 2.40. The number of carbonyl (C=O) groups is 1. The fraction of sp³-hybridized carbons (Fsp3) is 0.875. The summed E-state index contributed by atoms with van der Waals surface area (Å²) < 4.78 is 4.86. The van der Waals surface area contributed by atoms with Crippen molar-refractivity contribution in [2.75, 3.05) is 32.8 Å². The smallest absolute Gasteiger partial charge is 0.307 e. The van der Waals surface area contributed by atoms with Gasteiger partial charge in [-0.05, 0) is 0 Å². The van der Waals surface area contributed by atoms with E-state index in [0.29, 0.717) is 32.7 Å². The summed E-state index contributed by atoms with van der Waals surface area (Å²) in [6, 6.07) is -0.229. The zero-order valence-corrected chi connectivity index (χ0v) is 7.61. The molecule has 5 nitrogen and oxygen atoms in total. The monoisotopic (exact) mass is 188 g/mol. The number of ether oxygens (including phenoxy) is 1. The number of aliphatic hydroxyl groups excluding tert-OH is 1. The Labute approximate surface area is 77.5 Å². The molecular weight excluding hydrogens is 172 g/mol. The summed E-state index contributed by atoms with van der Waals surface area (Å²) >= 11 is 0. The second kappa shape index (κ2) is 5.16. The predicted octanol–water partition coefficient (Wildman–Crippen LogP) is -1.45. The summed E-state index contributed by atoms with van der Waals surface area (Å²) in [4.78, 5) is 12.9. The Hall–Kier alpha value is -0.650. The molecule has 1 fully saturated rings. The molecule has 13 heavy (non-hydrogen) atoms. The minimum atomic E-state index is -0.229. The number of rotatable bonds is 3. The molecule has 1 saturated heterocycles. The van der Waals surface area contributed by atoms with Crippen LogP contribution >= 0.6 is 0 Å². The van der Waals surface area contributed by atoms with Crippen LogP contribution in [0.5, 0.6) is 0 Å². The number of esters is 1. The Balaban J connectivity index is 2.29. The van der Waals surface area contributed by atoms with Crippen LogP contribution in [0.25, 0.3) is 0 Å². The van der Waals surface area contributed by atoms with Crippen molar-refractivity contribution in [1.29, 1.82) is 0 Å². The van der Waals surface area contributed by atoms with Gasteiger partial charge < -0.3 is 15.6 Å². The highest BCUT2D eigenvalue weighted by Crippen LogP contribution is 2.00. The highest BCUT2D eigenvalue weighted by molar-refractivity contribution is 5.69. The molecule has 0 aromatic rings. The summed E-state index contributed by atoms with van der Waals surface area (Å²) in [6.07, 6.45) is 0.415. The van der Waals surface area contributed by atoms with E-state index >= 15 is 0 Å². The standard InChI is InChI=1S/C8H16N2O3/c9-7(6-11)5-10-2-1-8(12)13-4-3-10/h7,11H,1-6,9H2. The first kappa shape index (κ1) is 10.4. The Morgan fingerprint density at radius 1 is 1.62 bits per heavy atom. The van der Waals surface area contributed by atoms with Crippen molar-refractivity contribution in [3.8, 4) is 0 Å². The zero-order valence-electron chi connectivity index (χ0n) is 7.61. The third-order valence-electron chi connectivity index (χ3n) is 2.03. The molecule has 1 aliphatic rings. The first-order valence-electron chi connectivity index (χ1n) is 4.47.